The minimum absolute atomic E-state index is 0.203. The number of halogens is 1. The minimum atomic E-state index is -0.696. The second-order valence-electron chi connectivity index (χ2n) is 6.79. The van der Waals surface area contributed by atoms with Crippen molar-refractivity contribution in [2.75, 3.05) is 13.2 Å². The summed E-state index contributed by atoms with van der Waals surface area (Å²) in [4.78, 5) is 32.2. The van der Waals surface area contributed by atoms with E-state index in [9.17, 15) is 19.1 Å². The van der Waals surface area contributed by atoms with Crippen LogP contribution in [0.5, 0.6) is 5.75 Å². The predicted molar refractivity (Wildman–Crippen MR) is 112 cm³/mol. The Morgan fingerprint density at radius 2 is 1.84 bits per heavy atom. The number of aryl methyl sites for hydroxylation is 1. The highest BCUT2D eigenvalue weighted by Gasteiger charge is 2.19. The molecule has 0 atom stereocenters. The zero-order valence-corrected chi connectivity index (χ0v) is 17.2. The quantitative estimate of drug-likeness (QED) is 0.566. The predicted octanol–water partition coefficient (Wildman–Crippen LogP) is 3.18. The number of amides is 1. The molecular formula is C23H22FN3O4. The molecule has 1 heterocycles. The van der Waals surface area contributed by atoms with E-state index in [2.05, 4.69) is 15.3 Å². The minimum Gasteiger partial charge on any atom is -0.504 e. The van der Waals surface area contributed by atoms with Crippen LogP contribution in [0.15, 0.2) is 48.5 Å². The van der Waals surface area contributed by atoms with Gasteiger partial charge >= 0.3 is 5.97 Å². The maximum Gasteiger partial charge on any atom is 0.325 e. The van der Waals surface area contributed by atoms with Gasteiger partial charge in [0.15, 0.2) is 11.4 Å². The summed E-state index contributed by atoms with van der Waals surface area (Å²) in [6.45, 7) is 3.10. The van der Waals surface area contributed by atoms with Crippen molar-refractivity contribution in [1.29, 1.82) is 0 Å². The number of carbonyl (C=O) groups is 2. The Balaban J connectivity index is 1.76. The molecule has 3 rings (SSSR count). The fourth-order valence-electron chi connectivity index (χ4n) is 2.98. The highest BCUT2D eigenvalue weighted by atomic mass is 19.1. The van der Waals surface area contributed by atoms with E-state index in [-0.39, 0.29) is 36.1 Å². The number of ether oxygens (including phenoxy) is 1. The third-order valence-corrected chi connectivity index (χ3v) is 4.49. The van der Waals surface area contributed by atoms with E-state index in [4.69, 9.17) is 4.74 Å². The normalized spacial score (nSPS) is 10.5. The van der Waals surface area contributed by atoms with E-state index in [0.717, 1.165) is 16.7 Å². The lowest BCUT2D eigenvalue weighted by molar-refractivity contribution is -0.141. The van der Waals surface area contributed by atoms with Gasteiger partial charge in [-0.05, 0) is 42.7 Å². The standard InChI is InChI=1S/C23H22FN3O4/c1-3-31-20(28)13-25-23(30)21-22(29)14(2)26-19(27-21)11-15-7-9-16(10-8-15)17-5-4-6-18(24)12-17/h4-10,12,29H,3,11,13H2,1-2H3,(H,25,30). The summed E-state index contributed by atoms with van der Waals surface area (Å²) < 4.78 is 18.2. The summed E-state index contributed by atoms with van der Waals surface area (Å²) in [5.74, 6) is -1.58. The number of nitrogens with one attached hydrogen (secondary N) is 1. The van der Waals surface area contributed by atoms with Crippen molar-refractivity contribution in [1.82, 2.24) is 15.3 Å². The maximum absolute atomic E-state index is 13.4. The van der Waals surface area contributed by atoms with Crippen molar-refractivity contribution in [2.45, 2.75) is 20.3 Å². The number of rotatable bonds is 7. The van der Waals surface area contributed by atoms with Crippen LogP contribution in [0.1, 0.15) is 34.5 Å². The first-order valence-electron chi connectivity index (χ1n) is 9.72. The van der Waals surface area contributed by atoms with E-state index in [0.29, 0.717) is 12.2 Å². The molecule has 0 aliphatic heterocycles. The molecule has 160 valence electrons. The summed E-state index contributed by atoms with van der Waals surface area (Å²) >= 11 is 0. The molecule has 0 unspecified atom stereocenters. The van der Waals surface area contributed by atoms with E-state index in [1.165, 1.54) is 12.1 Å². The summed E-state index contributed by atoms with van der Waals surface area (Å²) in [6.07, 6.45) is 0.322. The lowest BCUT2D eigenvalue weighted by Gasteiger charge is -2.10. The third-order valence-electron chi connectivity index (χ3n) is 4.49. The number of aromatic nitrogens is 2. The van der Waals surface area contributed by atoms with Crippen LogP contribution in [0, 0.1) is 12.7 Å². The molecular weight excluding hydrogens is 401 g/mol. The maximum atomic E-state index is 13.4. The van der Waals surface area contributed by atoms with E-state index >= 15 is 0 Å². The van der Waals surface area contributed by atoms with Gasteiger partial charge in [-0.2, -0.15) is 0 Å². The molecule has 0 spiro atoms. The largest absolute Gasteiger partial charge is 0.504 e. The summed E-state index contributed by atoms with van der Waals surface area (Å²) in [6, 6.07) is 13.8. The first kappa shape index (κ1) is 21.9. The zero-order valence-electron chi connectivity index (χ0n) is 17.2. The molecule has 0 radical (unpaired) electrons. The molecule has 1 amide bonds. The molecule has 7 nitrogen and oxygen atoms in total. The highest BCUT2D eigenvalue weighted by Crippen LogP contribution is 2.23. The Kier molecular flexibility index (Phi) is 6.92. The van der Waals surface area contributed by atoms with Gasteiger partial charge in [0.25, 0.3) is 5.91 Å². The Morgan fingerprint density at radius 3 is 2.52 bits per heavy atom. The van der Waals surface area contributed by atoms with Crippen molar-refractivity contribution < 1.29 is 23.8 Å². The smallest absolute Gasteiger partial charge is 0.325 e. The Hall–Kier alpha value is -3.81. The highest BCUT2D eigenvalue weighted by molar-refractivity contribution is 5.96. The molecule has 3 aromatic rings. The first-order chi connectivity index (χ1) is 14.9. The van der Waals surface area contributed by atoms with Gasteiger partial charge in [-0.3, -0.25) is 9.59 Å². The summed E-state index contributed by atoms with van der Waals surface area (Å²) in [5.41, 5.74) is 2.56. The molecule has 1 aromatic heterocycles. The number of hydrogen-bond donors (Lipinski definition) is 2. The Bertz CT molecular complexity index is 1100. The van der Waals surface area contributed by atoms with Crippen molar-refractivity contribution >= 4 is 11.9 Å². The van der Waals surface area contributed by atoms with Crippen LogP contribution >= 0.6 is 0 Å². The SMILES string of the molecule is CCOC(=O)CNC(=O)c1nc(Cc2ccc(-c3cccc(F)c3)cc2)nc(C)c1O. The number of esters is 1. The van der Waals surface area contributed by atoms with Gasteiger partial charge in [0.05, 0.1) is 12.3 Å². The van der Waals surface area contributed by atoms with Gasteiger partial charge in [0.2, 0.25) is 0 Å². The monoisotopic (exact) mass is 423 g/mol. The topological polar surface area (TPSA) is 101 Å². The van der Waals surface area contributed by atoms with Crippen LogP contribution < -0.4 is 5.32 Å². The molecule has 0 saturated heterocycles. The average Bonchev–Trinajstić information content (AvgIpc) is 2.75. The fourth-order valence-corrected chi connectivity index (χ4v) is 2.98. The fraction of sp³-hybridized carbons (Fsp3) is 0.217. The molecule has 0 saturated carbocycles. The van der Waals surface area contributed by atoms with E-state index in [1.807, 2.05) is 30.3 Å². The van der Waals surface area contributed by atoms with Crippen molar-refractivity contribution in [3.63, 3.8) is 0 Å². The van der Waals surface area contributed by atoms with E-state index in [1.54, 1.807) is 19.9 Å². The molecule has 0 fully saturated rings. The number of hydrogen-bond acceptors (Lipinski definition) is 6. The average molecular weight is 423 g/mol. The van der Waals surface area contributed by atoms with Gasteiger partial charge in [0, 0.05) is 6.42 Å². The first-order valence-corrected chi connectivity index (χ1v) is 9.72. The Labute approximate surface area is 178 Å². The molecule has 31 heavy (non-hydrogen) atoms. The molecule has 0 aliphatic rings. The van der Waals surface area contributed by atoms with Crippen molar-refractivity contribution in [3.05, 3.63) is 77.1 Å². The Morgan fingerprint density at radius 1 is 1.10 bits per heavy atom. The number of carbonyl (C=O) groups excluding carboxylic acids is 2. The van der Waals surface area contributed by atoms with Gasteiger partial charge in [0.1, 0.15) is 18.2 Å². The van der Waals surface area contributed by atoms with Crippen LogP contribution in [-0.4, -0.2) is 40.1 Å². The molecule has 0 aliphatic carbocycles. The molecule has 0 bridgehead atoms. The third kappa shape index (κ3) is 5.63. The number of nitrogens with zero attached hydrogens (tertiary/aromatic N) is 2. The van der Waals surface area contributed by atoms with Gasteiger partial charge in [-0.1, -0.05) is 36.4 Å². The van der Waals surface area contributed by atoms with Gasteiger partial charge in [-0.15, -0.1) is 0 Å². The van der Waals surface area contributed by atoms with Crippen LogP contribution in [0.2, 0.25) is 0 Å². The van der Waals surface area contributed by atoms with Crippen LogP contribution in [0.4, 0.5) is 4.39 Å². The second kappa shape index (κ2) is 9.80. The number of aromatic hydroxyl groups is 1. The second-order valence-corrected chi connectivity index (χ2v) is 6.79. The lowest BCUT2D eigenvalue weighted by Crippen LogP contribution is -2.31. The van der Waals surface area contributed by atoms with Crippen molar-refractivity contribution in [3.8, 4) is 16.9 Å². The van der Waals surface area contributed by atoms with Crippen molar-refractivity contribution in [2.24, 2.45) is 0 Å². The molecule has 8 heteroatoms. The van der Waals surface area contributed by atoms with Crippen LogP contribution in [-0.2, 0) is 16.0 Å². The van der Waals surface area contributed by atoms with Crippen LogP contribution in [0.3, 0.4) is 0 Å². The van der Waals surface area contributed by atoms with Gasteiger partial charge < -0.3 is 15.2 Å². The molecule has 2 N–H and O–H groups in total. The summed E-state index contributed by atoms with van der Waals surface area (Å²) in [5, 5.41) is 12.6. The van der Waals surface area contributed by atoms with Crippen LogP contribution in [0.25, 0.3) is 11.1 Å². The lowest BCUT2D eigenvalue weighted by atomic mass is 10.0. The zero-order chi connectivity index (χ0) is 22.4. The summed E-state index contributed by atoms with van der Waals surface area (Å²) in [7, 11) is 0. The van der Waals surface area contributed by atoms with Gasteiger partial charge in [-0.25, -0.2) is 14.4 Å². The molecule has 2 aromatic carbocycles. The number of benzene rings is 2. The van der Waals surface area contributed by atoms with E-state index < -0.39 is 11.9 Å².